The van der Waals surface area contributed by atoms with Crippen LogP contribution in [0.4, 0.5) is 0 Å². The van der Waals surface area contributed by atoms with E-state index < -0.39 is 0 Å². The zero-order valence-electron chi connectivity index (χ0n) is 15.9. The molecule has 2 N–H and O–H groups in total. The van der Waals surface area contributed by atoms with Crippen molar-refractivity contribution < 1.29 is 19.1 Å². The highest BCUT2D eigenvalue weighted by molar-refractivity contribution is 5.77. The molecule has 2 amide bonds. The molecule has 0 aliphatic heterocycles. The summed E-state index contributed by atoms with van der Waals surface area (Å²) >= 11 is 0. The summed E-state index contributed by atoms with van der Waals surface area (Å²) < 4.78 is 10.5. The molecule has 0 bridgehead atoms. The third-order valence-electron chi connectivity index (χ3n) is 3.46. The molecule has 0 saturated carbocycles. The molecule has 0 heterocycles. The molecule has 0 aromatic carbocycles. The quantitative estimate of drug-likeness (QED) is 0.447. The van der Waals surface area contributed by atoms with Gasteiger partial charge in [0, 0.05) is 51.9 Å². The molecule has 6 nitrogen and oxygen atoms in total. The van der Waals surface area contributed by atoms with Crippen molar-refractivity contribution in [2.45, 2.75) is 65.8 Å². The summed E-state index contributed by atoms with van der Waals surface area (Å²) in [6.45, 7) is 11.1. The standard InChI is InChI=1S/C18H36N2O4/c1-5-23-11-7-9-17(21)19-14-16(13-15(3)4)20-18(22)10-8-12-24-6-2/h15-16H,5-14H2,1-4H3,(H,19,21)(H,20,22)/t16-/m0/s1. The molecular formula is C18H36N2O4. The van der Waals surface area contributed by atoms with Crippen LogP contribution in [0.5, 0.6) is 0 Å². The SMILES string of the molecule is CCOCCCC(=O)NC[C@H](CC(C)C)NC(=O)CCCOCC. The summed E-state index contributed by atoms with van der Waals surface area (Å²) in [7, 11) is 0. The van der Waals surface area contributed by atoms with Gasteiger partial charge in [-0.25, -0.2) is 0 Å². The van der Waals surface area contributed by atoms with Crippen molar-refractivity contribution in [2.75, 3.05) is 33.0 Å². The van der Waals surface area contributed by atoms with Crippen LogP contribution < -0.4 is 10.6 Å². The van der Waals surface area contributed by atoms with Crippen LogP contribution in [0.15, 0.2) is 0 Å². The van der Waals surface area contributed by atoms with Crippen molar-refractivity contribution in [3.63, 3.8) is 0 Å². The average molecular weight is 344 g/mol. The van der Waals surface area contributed by atoms with Crippen molar-refractivity contribution >= 4 is 11.8 Å². The molecule has 0 aliphatic carbocycles. The van der Waals surface area contributed by atoms with Gasteiger partial charge in [-0.3, -0.25) is 9.59 Å². The van der Waals surface area contributed by atoms with Crippen molar-refractivity contribution in [2.24, 2.45) is 5.92 Å². The van der Waals surface area contributed by atoms with E-state index in [1.165, 1.54) is 0 Å². The highest BCUT2D eigenvalue weighted by atomic mass is 16.5. The molecular weight excluding hydrogens is 308 g/mol. The Hall–Kier alpha value is -1.14. The average Bonchev–Trinajstić information content (AvgIpc) is 2.53. The van der Waals surface area contributed by atoms with Gasteiger partial charge in [0.1, 0.15) is 0 Å². The zero-order valence-corrected chi connectivity index (χ0v) is 15.9. The van der Waals surface area contributed by atoms with E-state index in [-0.39, 0.29) is 17.9 Å². The predicted molar refractivity (Wildman–Crippen MR) is 95.8 cm³/mol. The van der Waals surface area contributed by atoms with E-state index >= 15 is 0 Å². The fourth-order valence-electron chi connectivity index (χ4n) is 2.35. The number of carbonyl (C=O) groups is 2. The highest BCUT2D eigenvalue weighted by Gasteiger charge is 2.15. The van der Waals surface area contributed by atoms with Crippen molar-refractivity contribution in [3.05, 3.63) is 0 Å². The van der Waals surface area contributed by atoms with Gasteiger partial charge in [-0.15, -0.1) is 0 Å². The zero-order chi connectivity index (χ0) is 18.2. The molecule has 0 spiro atoms. The molecule has 24 heavy (non-hydrogen) atoms. The van der Waals surface area contributed by atoms with Gasteiger partial charge >= 0.3 is 0 Å². The molecule has 0 saturated heterocycles. The molecule has 0 fully saturated rings. The molecule has 0 aromatic heterocycles. The summed E-state index contributed by atoms with van der Waals surface area (Å²) in [6.07, 6.45) is 3.19. The van der Waals surface area contributed by atoms with Crippen LogP contribution in [-0.2, 0) is 19.1 Å². The van der Waals surface area contributed by atoms with Crippen LogP contribution in [0, 0.1) is 5.92 Å². The maximum Gasteiger partial charge on any atom is 0.220 e. The summed E-state index contributed by atoms with van der Waals surface area (Å²) in [5.41, 5.74) is 0. The smallest absolute Gasteiger partial charge is 0.220 e. The maximum atomic E-state index is 12.0. The second-order valence-electron chi connectivity index (χ2n) is 6.30. The van der Waals surface area contributed by atoms with Crippen LogP contribution >= 0.6 is 0 Å². The van der Waals surface area contributed by atoms with Crippen molar-refractivity contribution in [3.8, 4) is 0 Å². The van der Waals surface area contributed by atoms with Gasteiger partial charge in [-0.1, -0.05) is 13.8 Å². The number of nitrogens with one attached hydrogen (secondary N) is 2. The summed E-state index contributed by atoms with van der Waals surface area (Å²) in [5.74, 6) is 0.480. The first-order valence-electron chi connectivity index (χ1n) is 9.21. The van der Waals surface area contributed by atoms with Gasteiger partial charge in [0.2, 0.25) is 11.8 Å². The van der Waals surface area contributed by atoms with E-state index in [4.69, 9.17) is 9.47 Å². The molecule has 6 heteroatoms. The second kappa shape index (κ2) is 15.4. The van der Waals surface area contributed by atoms with E-state index in [0.29, 0.717) is 51.7 Å². The maximum absolute atomic E-state index is 12.0. The lowest BCUT2D eigenvalue weighted by molar-refractivity contribution is -0.124. The third-order valence-corrected chi connectivity index (χ3v) is 3.46. The van der Waals surface area contributed by atoms with Gasteiger partial charge < -0.3 is 20.1 Å². The van der Waals surface area contributed by atoms with Gasteiger partial charge in [0.05, 0.1) is 0 Å². The van der Waals surface area contributed by atoms with Gasteiger partial charge in [0.15, 0.2) is 0 Å². The van der Waals surface area contributed by atoms with Crippen LogP contribution in [0.2, 0.25) is 0 Å². The summed E-state index contributed by atoms with van der Waals surface area (Å²) in [4.78, 5) is 23.8. The van der Waals surface area contributed by atoms with E-state index in [9.17, 15) is 9.59 Å². The van der Waals surface area contributed by atoms with E-state index in [2.05, 4.69) is 24.5 Å². The van der Waals surface area contributed by atoms with E-state index in [1.54, 1.807) is 0 Å². The summed E-state index contributed by atoms with van der Waals surface area (Å²) in [6, 6.07) is -0.0274. The molecule has 0 radical (unpaired) electrons. The predicted octanol–water partition coefficient (Wildman–Crippen LogP) is 2.27. The Balaban J connectivity index is 4.07. The van der Waals surface area contributed by atoms with E-state index in [0.717, 1.165) is 19.3 Å². The third kappa shape index (κ3) is 14.5. The molecule has 142 valence electrons. The fraction of sp³-hybridized carbons (Fsp3) is 0.889. The molecule has 0 rings (SSSR count). The first kappa shape index (κ1) is 22.9. The summed E-state index contributed by atoms with van der Waals surface area (Å²) in [5, 5.41) is 5.94. The Kier molecular flexibility index (Phi) is 14.7. The van der Waals surface area contributed by atoms with Crippen LogP contribution in [-0.4, -0.2) is 50.8 Å². The Morgan fingerprint density at radius 1 is 0.917 bits per heavy atom. The number of carbonyl (C=O) groups excluding carboxylic acids is 2. The second-order valence-corrected chi connectivity index (χ2v) is 6.30. The lowest BCUT2D eigenvalue weighted by atomic mass is 10.0. The molecule has 0 aliphatic rings. The number of amides is 2. The lowest BCUT2D eigenvalue weighted by Crippen LogP contribution is -2.44. The fourth-order valence-corrected chi connectivity index (χ4v) is 2.35. The first-order valence-corrected chi connectivity index (χ1v) is 9.21. The first-order chi connectivity index (χ1) is 11.5. The minimum atomic E-state index is -0.0274. The number of rotatable bonds is 15. The Bertz CT molecular complexity index is 335. The number of ether oxygens (including phenoxy) is 2. The van der Waals surface area contributed by atoms with Crippen molar-refractivity contribution in [1.82, 2.24) is 10.6 Å². The molecule has 1 atom stereocenters. The number of hydrogen-bond donors (Lipinski definition) is 2. The van der Waals surface area contributed by atoms with Crippen LogP contribution in [0.25, 0.3) is 0 Å². The topological polar surface area (TPSA) is 76.7 Å². The highest BCUT2D eigenvalue weighted by Crippen LogP contribution is 2.05. The van der Waals surface area contributed by atoms with Gasteiger partial charge in [-0.2, -0.15) is 0 Å². The van der Waals surface area contributed by atoms with Crippen molar-refractivity contribution in [1.29, 1.82) is 0 Å². The Labute approximate surface area is 147 Å². The van der Waals surface area contributed by atoms with Gasteiger partial charge in [0.25, 0.3) is 0 Å². The Morgan fingerprint density at radius 3 is 1.96 bits per heavy atom. The Morgan fingerprint density at radius 2 is 1.46 bits per heavy atom. The number of hydrogen-bond acceptors (Lipinski definition) is 4. The molecule has 0 unspecified atom stereocenters. The van der Waals surface area contributed by atoms with Crippen LogP contribution in [0.1, 0.15) is 59.8 Å². The van der Waals surface area contributed by atoms with E-state index in [1.807, 2.05) is 13.8 Å². The lowest BCUT2D eigenvalue weighted by Gasteiger charge is -2.21. The minimum Gasteiger partial charge on any atom is -0.382 e. The largest absolute Gasteiger partial charge is 0.382 e. The minimum absolute atomic E-state index is 0.00838. The van der Waals surface area contributed by atoms with Crippen LogP contribution in [0.3, 0.4) is 0 Å². The normalized spacial score (nSPS) is 12.2. The monoisotopic (exact) mass is 344 g/mol. The molecule has 0 aromatic rings. The van der Waals surface area contributed by atoms with Gasteiger partial charge in [-0.05, 0) is 39.0 Å².